The van der Waals surface area contributed by atoms with Crippen molar-refractivity contribution in [1.29, 1.82) is 0 Å². The molecule has 0 saturated carbocycles. The van der Waals surface area contributed by atoms with Gasteiger partial charge in [-0.05, 0) is 31.9 Å². The van der Waals surface area contributed by atoms with Gasteiger partial charge in [-0.15, -0.1) is 0 Å². The molecule has 1 heterocycles. The number of hydrogen-bond acceptors (Lipinski definition) is 7. The molecule has 3 amide bonds. The summed E-state index contributed by atoms with van der Waals surface area (Å²) in [5.41, 5.74) is 0.596. The quantitative estimate of drug-likeness (QED) is 0.276. The molecule has 0 bridgehead atoms. The zero-order valence-corrected chi connectivity index (χ0v) is 18.1. The van der Waals surface area contributed by atoms with Crippen molar-refractivity contribution < 1.29 is 24.2 Å². The largest absolute Gasteiger partial charge is 0.274 e. The van der Waals surface area contributed by atoms with E-state index in [1.54, 1.807) is 6.07 Å². The van der Waals surface area contributed by atoms with Gasteiger partial charge in [0.1, 0.15) is 0 Å². The second-order valence-electron chi connectivity index (χ2n) is 8.24. The number of rotatable bonds is 6. The molecule has 0 spiro atoms. The Morgan fingerprint density at radius 3 is 2.29 bits per heavy atom. The molecule has 2 aromatic carbocycles. The summed E-state index contributed by atoms with van der Waals surface area (Å²) in [5, 5.41) is 24.2. The van der Waals surface area contributed by atoms with Crippen LogP contribution in [0.2, 0.25) is 0 Å². The Morgan fingerprint density at radius 2 is 1.65 bits per heavy atom. The average molecular weight is 464 g/mol. The van der Waals surface area contributed by atoms with Gasteiger partial charge in [0.25, 0.3) is 29.1 Å². The van der Waals surface area contributed by atoms with Crippen molar-refractivity contribution in [3.05, 3.63) is 91.5 Å². The fraction of sp³-hybridized carbons (Fsp3) is 0.261. The number of amides is 3. The minimum atomic E-state index is -0.780. The number of allylic oxidation sites excluding steroid dienone is 2. The molecule has 2 aromatic rings. The fourth-order valence-electron chi connectivity index (χ4n) is 4.35. The summed E-state index contributed by atoms with van der Waals surface area (Å²) in [6.45, 7) is 1.46. The van der Waals surface area contributed by atoms with Gasteiger partial charge in [0.15, 0.2) is 0 Å². The van der Waals surface area contributed by atoms with Crippen LogP contribution >= 0.6 is 0 Å². The van der Waals surface area contributed by atoms with Crippen molar-refractivity contribution in [3.63, 3.8) is 0 Å². The number of nitro benzene ring substituents is 2. The van der Waals surface area contributed by atoms with E-state index in [2.05, 4.69) is 0 Å². The summed E-state index contributed by atoms with van der Waals surface area (Å²) in [5.74, 6) is -3.11. The number of nitrogens with zero attached hydrogens (tertiary/aromatic N) is 4. The van der Waals surface area contributed by atoms with Crippen LogP contribution in [0.25, 0.3) is 0 Å². The molecule has 1 fully saturated rings. The maximum Gasteiger partial charge on any atom is 0.274 e. The van der Waals surface area contributed by atoms with E-state index in [1.165, 1.54) is 30.3 Å². The number of non-ortho nitro benzene ring substituents is 1. The zero-order valence-electron chi connectivity index (χ0n) is 18.1. The normalized spacial score (nSPS) is 19.4. The highest BCUT2D eigenvalue weighted by Crippen LogP contribution is 2.39. The molecular weight excluding hydrogens is 444 g/mol. The van der Waals surface area contributed by atoms with Gasteiger partial charge in [-0.3, -0.25) is 34.6 Å². The van der Waals surface area contributed by atoms with Gasteiger partial charge >= 0.3 is 0 Å². The zero-order chi connectivity index (χ0) is 24.6. The van der Waals surface area contributed by atoms with Gasteiger partial charge in [0.2, 0.25) is 0 Å². The van der Waals surface area contributed by atoms with Crippen LogP contribution in [0.15, 0.2) is 60.2 Å². The molecule has 0 unspecified atom stereocenters. The van der Waals surface area contributed by atoms with Crippen molar-refractivity contribution in [1.82, 2.24) is 10.0 Å². The topological polar surface area (TPSA) is 144 Å². The van der Waals surface area contributed by atoms with Gasteiger partial charge < -0.3 is 0 Å². The molecule has 34 heavy (non-hydrogen) atoms. The second kappa shape index (κ2) is 8.85. The highest BCUT2D eigenvalue weighted by Gasteiger charge is 2.51. The smallest absolute Gasteiger partial charge is 0.272 e. The SMILES string of the molecule is CC1=CC[C@H]2C(=O)N(N(Cc3ccccc3[N+](=O)[O-])C(=O)c3ccc([N+](=O)[O-])cc3)C(=O)[C@@H]2C1. The Labute approximate surface area is 193 Å². The first-order chi connectivity index (χ1) is 16.2. The molecule has 1 aliphatic carbocycles. The van der Waals surface area contributed by atoms with Gasteiger partial charge in [-0.25, -0.2) is 5.01 Å². The molecule has 11 heteroatoms. The molecule has 2 aliphatic rings. The lowest BCUT2D eigenvalue weighted by Crippen LogP contribution is -2.49. The van der Waals surface area contributed by atoms with Crippen molar-refractivity contribution in [2.45, 2.75) is 26.3 Å². The third-order valence-corrected chi connectivity index (χ3v) is 6.11. The van der Waals surface area contributed by atoms with Crippen molar-refractivity contribution >= 4 is 29.1 Å². The Kier molecular flexibility index (Phi) is 5.93. The first-order valence-electron chi connectivity index (χ1n) is 10.5. The van der Waals surface area contributed by atoms with E-state index in [0.29, 0.717) is 12.8 Å². The Bertz CT molecular complexity index is 1240. The van der Waals surface area contributed by atoms with Crippen molar-refractivity contribution in [2.24, 2.45) is 11.8 Å². The number of para-hydroxylation sites is 1. The summed E-state index contributed by atoms with van der Waals surface area (Å²) >= 11 is 0. The molecule has 0 radical (unpaired) electrons. The van der Waals surface area contributed by atoms with E-state index >= 15 is 0 Å². The summed E-state index contributed by atoms with van der Waals surface area (Å²) in [6.07, 6.45) is 2.64. The van der Waals surface area contributed by atoms with Crippen LogP contribution in [-0.2, 0) is 16.1 Å². The summed E-state index contributed by atoms with van der Waals surface area (Å²) < 4.78 is 0. The molecule has 0 aromatic heterocycles. The number of hydrogen-bond donors (Lipinski definition) is 0. The molecule has 0 N–H and O–H groups in total. The number of carbonyl (C=O) groups excluding carboxylic acids is 3. The summed E-state index contributed by atoms with van der Waals surface area (Å²) in [6, 6.07) is 10.4. The lowest BCUT2D eigenvalue weighted by Gasteiger charge is -2.30. The molecule has 11 nitrogen and oxygen atoms in total. The number of nitro groups is 2. The minimum Gasteiger partial charge on any atom is -0.272 e. The second-order valence-corrected chi connectivity index (χ2v) is 8.24. The van der Waals surface area contributed by atoms with Crippen molar-refractivity contribution in [2.75, 3.05) is 0 Å². The van der Waals surface area contributed by atoms with Crippen LogP contribution in [0.3, 0.4) is 0 Å². The monoisotopic (exact) mass is 464 g/mol. The van der Waals surface area contributed by atoms with Crippen LogP contribution in [-0.4, -0.2) is 37.6 Å². The molecule has 174 valence electrons. The number of benzene rings is 2. The first kappa shape index (κ1) is 22.8. The van der Waals surface area contributed by atoms with Crippen LogP contribution in [0, 0.1) is 32.1 Å². The van der Waals surface area contributed by atoms with E-state index in [-0.39, 0.29) is 22.5 Å². The lowest BCUT2D eigenvalue weighted by atomic mass is 9.82. The maximum absolute atomic E-state index is 13.5. The predicted molar refractivity (Wildman–Crippen MR) is 118 cm³/mol. The van der Waals surface area contributed by atoms with Crippen LogP contribution in [0.4, 0.5) is 11.4 Å². The first-order valence-corrected chi connectivity index (χ1v) is 10.5. The number of hydrazine groups is 1. The van der Waals surface area contributed by atoms with Gasteiger partial charge in [0, 0.05) is 23.8 Å². The average Bonchev–Trinajstić information content (AvgIpc) is 3.06. The van der Waals surface area contributed by atoms with Crippen LogP contribution < -0.4 is 0 Å². The van der Waals surface area contributed by atoms with Gasteiger partial charge in [0.05, 0.1) is 33.8 Å². The Balaban J connectivity index is 1.75. The molecule has 4 rings (SSSR count). The van der Waals surface area contributed by atoms with Crippen LogP contribution in [0.1, 0.15) is 35.7 Å². The summed E-state index contributed by atoms with van der Waals surface area (Å²) in [7, 11) is 0. The number of imide groups is 1. The number of carbonyl (C=O) groups is 3. The molecule has 1 saturated heterocycles. The molecular formula is C23H20N4O7. The third-order valence-electron chi connectivity index (χ3n) is 6.11. The van der Waals surface area contributed by atoms with E-state index in [9.17, 15) is 34.6 Å². The van der Waals surface area contributed by atoms with Crippen LogP contribution in [0.5, 0.6) is 0 Å². The Hall–Kier alpha value is -4.41. The van der Waals surface area contributed by atoms with Crippen molar-refractivity contribution in [3.8, 4) is 0 Å². The van der Waals surface area contributed by atoms with E-state index in [4.69, 9.17) is 0 Å². The Morgan fingerprint density at radius 1 is 1.00 bits per heavy atom. The third kappa shape index (κ3) is 4.03. The lowest BCUT2D eigenvalue weighted by molar-refractivity contribution is -0.385. The maximum atomic E-state index is 13.5. The minimum absolute atomic E-state index is 0.00559. The van der Waals surface area contributed by atoms with E-state index in [1.807, 2.05) is 13.0 Å². The highest BCUT2D eigenvalue weighted by atomic mass is 16.6. The highest BCUT2D eigenvalue weighted by molar-refractivity contribution is 6.08. The van der Waals surface area contributed by atoms with Gasteiger partial charge in [-0.1, -0.05) is 29.8 Å². The van der Waals surface area contributed by atoms with Gasteiger partial charge in [-0.2, -0.15) is 5.01 Å². The van der Waals surface area contributed by atoms with E-state index < -0.39 is 45.9 Å². The fourth-order valence-corrected chi connectivity index (χ4v) is 4.35. The summed E-state index contributed by atoms with van der Waals surface area (Å²) in [4.78, 5) is 61.3. The number of fused-ring (bicyclic) bond motifs is 1. The molecule has 1 aliphatic heterocycles. The predicted octanol–water partition coefficient (Wildman–Crippen LogP) is 3.40. The standard InChI is InChI=1S/C23H20N4O7/c1-14-6-11-18-19(12-14)23(30)25(22(18)29)24(13-16-4-2-3-5-20(16)27(33)34)21(28)15-7-9-17(10-8-15)26(31)32/h2-10,18-19H,11-13H2,1H3/t18-,19-/m1/s1. The molecule has 2 atom stereocenters. The van der Waals surface area contributed by atoms with E-state index in [0.717, 1.165) is 27.7 Å².